The lowest BCUT2D eigenvalue weighted by Gasteiger charge is -2.36. The number of aliphatic hydroxyl groups is 1. The summed E-state index contributed by atoms with van der Waals surface area (Å²) in [6, 6.07) is 7.25. The number of nitrogens with one attached hydrogen (secondary N) is 1. The van der Waals surface area contributed by atoms with Gasteiger partial charge in [-0.05, 0) is 36.6 Å². The van der Waals surface area contributed by atoms with Gasteiger partial charge in [0.05, 0.1) is 17.8 Å². The molecule has 6 nitrogen and oxygen atoms in total. The summed E-state index contributed by atoms with van der Waals surface area (Å²) in [5.41, 5.74) is 2.79. The summed E-state index contributed by atoms with van der Waals surface area (Å²) in [4.78, 5) is 22.8. The first-order valence-electron chi connectivity index (χ1n) is 8.71. The number of rotatable bonds is 5. The number of hydrogen-bond acceptors (Lipinski definition) is 5. The number of carbonyl (C=O) groups is 1. The smallest absolute Gasteiger partial charge is 0.251 e. The SMILES string of the molecule is CCc1ccc(CN2CC[C@@H](NC(=O)c3ccncc3)[C@H](O)C2)nc1. The second kappa shape index (κ2) is 8.18. The fraction of sp³-hybridized carbons (Fsp3) is 0.421. The van der Waals surface area contributed by atoms with E-state index in [-0.39, 0.29) is 11.9 Å². The van der Waals surface area contributed by atoms with Crippen LogP contribution >= 0.6 is 0 Å². The van der Waals surface area contributed by atoms with E-state index in [1.54, 1.807) is 24.5 Å². The van der Waals surface area contributed by atoms with Crippen LogP contribution in [0.4, 0.5) is 0 Å². The van der Waals surface area contributed by atoms with Crippen molar-refractivity contribution in [1.82, 2.24) is 20.2 Å². The molecule has 0 radical (unpaired) electrons. The van der Waals surface area contributed by atoms with Crippen LogP contribution < -0.4 is 5.32 Å². The number of aliphatic hydroxyl groups excluding tert-OH is 1. The molecule has 2 aromatic rings. The Morgan fingerprint density at radius 3 is 2.76 bits per heavy atom. The highest BCUT2D eigenvalue weighted by Crippen LogP contribution is 2.15. The van der Waals surface area contributed by atoms with Crippen LogP contribution in [-0.4, -0.2) is 51.1 Å². The zero-order chi connectivity index (χ0) is 17.6. The topological polar surface area (TPSA) is 78.4 Å². The van der Waals surface area contributed by atoms with Gasteiger partial charge in [0.1, 0.15) is 0 Å². The summed E-state index contributed by atoms with van der Waals surface area (Å²) >= 11 is 0. The van der Waals surface area contributed by atoms with E-state index in [9.17, 15) is 9.90 Å². The lowest BCUT2D eigenvalue weighted by Crippen LogP contribution is -2.53. The zero-order valence-electron chi connectivity index (χ0n) is 14.4. The van der Waals surface area contributed by atoms with Crippen molar-refractivity contribution >= 4 is 5.91 Å². The number of pyridine rings is 2. The van der Waals surface area contributed by atoms with Gasteiger partial charge in [0.15, 0.2) is 0 Å². The first kappa shape index (κ1) is 17.5. The molecule has 1 amide bonds. The average Bonchev–Trinajstić information content (AvgIpc) is 2.65. The molecule has 2 atom stereocenters. The van der Waals surface area contributed by atoms with Crippen molar-refractivity contribution in [2.75, 3.05) is 13.1 Å². The Hall–Kier alpha value is -2.31. The minimum Gasteiger partial charge on any atom is -0.390 e. The highest BCUT2D eigenvalue weighted by Gasteiger charge is 2.29. The third kappa shape index (κ3) is 4.61. The normalized spacial score (nSPS) is 21.0. The second-order valence-electron chi connectivity index (χ2n) is 6.42. The Kier molecular flexibility index (Phi) is 5.73. The number of likely N-dealkylation sites (tertiary alicyclic amines) is 1. The molecule has 3 rings (SSSR count). The molecule has 6 heteroatoms. The predicted octanol–water partition coefficient (Wildman–Crippen LogP) is 1.40. The van der Waals surface area contributed by atoms with E-state index in [4.69, 9.17) is 0 Å². The maximum Gasteiger partial charge on any atom is 0.251 e. The van der Waals surface area contributed by atoms with E-state index >= 15 is 0 Å². The van der Waals surface area contributed by atoms with Crippen LogP contribution in [0.3, 0.4) is 0 Å². The van der Waals surface area contributed by atoms with Gasteiger partial charge in [0.2, 0.25) is 0 Å². The Labute approximate surface area is 147 Å². The number of aryl methyl sites for hydroxylation is 1. The number of amides is 1. The van der Waals surface area contributed by atoms with Gasteiger partial charge in [-0.25, -0.2) is 0 Å². The summed E-state index contributed by atoms with van der Waals surface area (Å²) in [7, 11) is 0. The molecule has 3 heterocycles. The highest BCUT2D eigenvalue weighted by molar-refractivity contribution is 5.94. The summed E-state index contributed by atoms with van der Waals surface area (Å²) in [6.07, 6.45) is 6.19. The van der Waals surface area contributed by atoms with Crippen LogP contribution in [0, 0.1) is 0 Å². The molecule has 1 aliphatic rings. The molecule has 132 valence electrons. The van der Waals surface area contributed by atoms with E-state index in [1.807, 2.05) is 12.3 Å². The molecular formula is C19H24N4O2. The van der Waals surface area contributed by atoms with Crippen LogP contribution in [-0.2, 0) is 13.0 Å². The lowest BCUT2D eigenvalue weighted by molar-refractivity contribution is 0.0345. The molecule has 2 N–H and O–H groups in total. The van der Waals surface area contributed by atoms with Gasteiger partial charge in [0, 0.05) is 43.8 Å². The molecule has 0 aromatic carbocycles. The molecule has 1 fully saturated rings. The maximum absolute atomic E-state index is 12.2. The summed E-state index contributed by atoms with van der Waals surface area (Å²) in [5, 5.41) is 13.3. The molecule has 0 spiro atoms. The molecule has 0 unspecified atom stereocenters. The largest absolute Gasteiger partial charge is 0.390 e. The number of piperidine rings is 1. The monoisotopic (exact) mass is 340 g/mol. The third-order valence-corrected chi connectivity index (χ3v) is 4.60. The number of hydrogen-bond donors (Lipinski definition) is 2. The van der Waals surface area contributed by atoms with Gasteiger partial charge in [-0.3, -0.25) is 19.7 Å². The molecule has 0 aliphatic carbocycles. The standard InChI is InChI=1S/C19H24N4O2/c1-2-14-3-4-16(21-11-14)12-23-10-7-17(18(24)13-23)22-19(25)15-5-8-20-9-6-15/h3-6,8-9,11,17-18,24H,2,7,10,12-13H2,1H3,(H,22,25)/t17-,18-/m1/s1. The van der Waals surface area contributed by atoms with Gasteiger partial charge in [-0.15, -0.1) is 0 Å². The quantitative estimate of drug-likeness (QED) is 0.860. The summed E-state index contributed by atoms with van der Waals surface area (Å²) in [6.45, 7) is 4.16. The van der Waals surface area contributed by atoms with Crippen molar-refractivity contribution < 1.29 is 9.90 Å². The van der Waals surface area contributed by atoms with Crippen molar-refractivity contribution in [2.45, 2.75) is 38.5 Å². The van der Waals surface area contributed by atoms with Gasteiger partial charge < -0.3 is 10.4 Å². The Balaban J connectivity index is 1.52. The second-order valence-corrected chi connectivity index (χ2v) is 6.42. The first-order valence-corrected chi connectivity index (χ1v) is 8.71. The van der Waals surface area contributed by atoms with Crippen LogP contribution in [0.1, 0.15) is 35.0 Å². The predicted molar refractivity (Wildman–Crippen MR) is 95.0 cm³/mol. The fourth-order valence-corrected chi connectivity index (χ4v) is 3.05. The Bertz CT molecular complexity index is 690. The van der Waals surface area contributed by atoms with Crippen molar-refractivity contribution in [3.05, 3.63) is 59.7 Å². The lowest BCUT2D eigenvalue weighted by atomic mass is 10.0. The molecular weight excluding hydrogens is 316 g/mol. The minimum absolute atomic E-state index is 0.170. The number of carbonyl (C=O) groups excluding carboxylic acids is 1. The van der Waals surface area contributed by atoms with E-state index in [0.29, 0.717) is 25.1 Å². The van der Waals surface area contributed by atoms with Crippen LogP contribution in [0.25, 0.3) is 0 Å². The average molecular weight is 340 g/mol. The van der Waals surface area contributed by atoms with Crippen LogP contribution in [0.5, 0.6) is 0 Å². The van der Waals surface area contributed by atoms with E-state index in [2.05, 4.69) is 33.2 Å². The van der Waals surface area contributed by atoms with Gasteiger partial charge in [-0.1, -0.05) is 13.0 Å². The number of nitrogens with zero attached hydrogens (tertiary/aromatic N) is 3. The van der Waals surface area contributed by atoms with E-state index < -0.39 is 6.10 Å². The Morgan fingerprint density at radius 1 is 1.32 bits per heavy atom. The van der Waals surface area contributed by atoms with E-state index in [1.165, 1.54) is 5.56 Å². The van der Waals surface area contributed by atoms with Crippen molar-refractivity contribution in [1.29, 1.82) is 0 Å². The van der Waals surface area contributed by atoms with Crippen molar-refractivity contribution in [3.8, 4) is 0 Å². The Morgan fingerprint density at radius 2 is 2.12 bits per heavy atom. The molecule has 2 aromatic heterocycles. The number of aromatic nitrogens is 2. The minimum atomic E-state index is -0.588. The first-order chi connectivity index (χ1) is 12.2. The maximum atomic E-state index is 12.2. The third-order valence-electron chi connectivity index (χ3n) is 4.60. The molecule has 1 aliphatic heterocycles. The molecule has 1 saturated heterocycles. The highest BCUT2D eigenvalue weighted by atomic mass is 16.3. The molecule has 0 saturated carbocycles. The molecule has 0 bridgehead atoms. The zero-order valence-corrected chi connectivity index (χ0v) is 14.4. The van der Waals surface area contributed by atoms with Crippen LogP contribution in [0.15, 0.2) is 42.9 Å². The summed E-state index contributed by atoms with van der Waals surface area (Å²) in [5.74, 6) is -0.170. The van der Waals surface area contributed by atoms with Crippen LogP contribution in [0.2, 0.25) is 0 Å². The van der Waals surface area contributed by atoms with Gasteiger partial charge in [0.25, 0.3) is 5.91 Å². The van der Waals surface area contributed by atoms with Crippen molar-refractivity contribution in [2.24, 2.45) is 0 Å². The molecule has 25 heavy (non-hydrogen) atoms. The van der Waals surface area contributed by atoms with Gasteiger partial charge >= 0.3 is 0 Å². The van der Waals surface area contributed by atoms with E-state index in [0.717, 1.165) is 18.7 Å². The van der Waals surface area contributed by atoms with Gasteiger partial charge in [-0.2, -0.15) is 0 Å². The van der Waals surface area contributed by atoms with Crippen molar-refractivity contribution in [3.63, 3.8) is 0 Å². The summed E-state index contributed by atoms with van der Waals surface area (Å²) < 4.78 is 0. The number of β-amino-alcohol motifs (C(OH)–C–C–N with tert-alkyl or cyclic N) is 1. The fourth-order valence-electron chi connectivity index (χ4n) is 3.05.